The lowest BCUT2D eigenvalue weighted by Crippen LogP contribution is -2.34. The van der Waals surface area contributed by atoms with Crippen molar-refractivity contribution in [3.8, 4) is 0 Å². The molecule has 9 fully saturated rings. The second-order valence-electron chi connectivity index (χ2n) is 30.6. The first-order chi connectivity index (χ1) is 63.9. The Balaban J connectivity index is 0.000000130. The summed E-state index contributed by atoms with van der Waals surface area (Å²) in [6.07, 6.45) is -29.4. The van der Waals surface area contributed by atoms with Crippen LogP contribution in [0.3, 0.4) is 0 Å². The van der Waals surface area contributed by atoms with E-state index in [2.05, 4.69) is 87.0 Å². The van der Waals surface area contributed by atoms with E-state index >= 15 is 26.3 Å². The Morgan fingerprint density at radius 2 is 0.689 bits per heavy atom. The van der Waals surface area contributed by atoms with E-state index in [1.807, 2.05) is 0 Å². The van der Waals surface area contributed by atoms with E-state index in [1.165, 1.54) is 63.4 Å². The molecule has 10 aliphatic rings. The number of phosphoric ester groups is 1. The molecule has 11 aromatic heterocycles. The molecule has 21 rings (SSSR count). The van der Waals surface area contributed by atoms with Crippen LogP contribution in [0.4, 0.5) is 61.4 Å². The summed E-state index contributed by atoms with van der Waals surface area (Å²) in [5.41, 5.74) is 27.5. The molecule has 0 amide bonds. The molecule has 10 aliphatic heterocycles. The molecule has 21 heterocycles. The number of hydrogen-bond acceptors (Lipinski definition) is 45. The van der Waals surface area contributed by atoms with E-state index in [1.54, 1.807) is 0 Å². The highest BCUT2D eigenvalue weighted by molar-refractivity contribution is 8.44. The zero-order valence-electron chi connectivity index (χ0n) is 67.2. The predicted octanol–water partition coefficient (Wildman–Crippen LogP) is 2.22. The number of anilines is 5. The molecule has 726 valence electrons. The number of nitrogen functional groups attached to an aromatic ring is 5. The highest BCUT2D eigenvalue weighted by Crippen LogP contribution is 2.61. The molecule has 0 saturated carbocycles. The number of H-pyrrole nitrogens is 3. The summed E-state index contributed by atoms with van der Waals surface area (Å²) in [6.45, 7) is -26.3. The van der Waals surface area contributed by atoms with Gasteiger partial charge in [-0.05, 0) is 59.4 Å². The van der Waals surface area contributed by atoms with Crippen LogP contribution in [-0.2, 0) is 139 Å². The van der Waals surface area contributed by atoms with Gasteiger partial charge in [-0.15, -0.1) is 0 Å². The van der Waals surface area contributed by atoms with Crippen LogP contribution in [0.2, 0.25) is 0 Å². The van der Waals surface area contributed by atoms with Gasteiger partial charge in [0.15, 0.2) is 136 Å². The number of phosphoric acid groups is 1. The van der Waals surface area contributed by atoms with Crippen molar-refractivity contribution >= 4 is 204 Å². The van der Waals surface area contributed by atoms with E-state index in [9.17, 15) is 52.8 Å². The second kappa shape index (κ2) is 36.5. The molecule has 135 heavy (non-hydrogen) atoms. The number of halogens is 6. The maximum Gasteiger partial charge on any atom is 0.472 e. The molecule has 0 radical (unpaired) electrons. The average Bonchev–Trinajstić information content (AvgIpc) is 1.63. The number of rotatable bonds is 6. The Labute approximate surface area is 770 Å². The van der Waals surface area contributed by atoms with Gasteiger partial charge in [0.1, 0.15) is 84.3 Å². The van der Waals surface area contributed by atoms with Gasteiger partial charge in [0, 0.05) is 25.0 Å². The minimum Gasteiger partial charge on any atom is -0.397 e. The first-order valence-corrected chi connectivity index (χ1v) is 53.7. The number of fused-ring (bicyclic) bond motifs is 15. The number of imidazole rings is 6. The first kappa shape index (κ1) is 95.8. The van der Waals surface area contributed by atoms with Gasteiger partial charge in [0.05, 0.1) is 89.0 Å². The molecule has 6 bridgehead atoms. The molecule has 30 atom stereocenters. The van der Waals surface area contributed by atoms with Crippen LogP contribution >= 0.6 is 53.7 Å². The largest absolute Gasteiger partial charge is 0.472 e. The zero-order chi connectivity index (χ0) is 95.5. The van der Waals surface area contributed by atoms with Crippen LogP contribution in [-0.4, -0.2) is 284 Å². The number of nitrogens with one attached hydrogen (secondary N) is 3. The summed E-state index contributed by atoms with van der Waals surface area (Å²) in [4.78, 5) is 159. The molecule has 11 aromatic rings. The summed E-state index contributed by atoms with van der Waals surface area (Å²) < 4.78 is 229. The number of carbonyl (C=O) groups excluding carboxylic acids is 1. The summed E-state index contributed by atoms with van der Waals surface area (Å²) in [5.74, 6) is -1.09. The van der Waals surface area contributed by atoms with Gasteiger partial charge in [-0.3, -0.25) is 97.7 Å². The number of alkyl halides is 6. The fourth-order valence-corrected chi connectivity index (χ4v) is 24.1. The van der Waals surface area contributed by atoms with Crippen molar-refractivity contribution in [2.45, 2.75) is 154 Å². The fourth-order valence-electron chi connectivity index (χ4n) is 16.0. The van der Waals surface area contributed by atoms with Crippen LogP contribution in [0.25, 0.3) is 55.8 Å². The number of thiol groups is 1. The van der Waals surface area contributed by atoms with Gasteiger partial charge >= 0.3 is 41.5 Å². The quantitative estimate of drug-likeness (QED) is 0.0644. The smallest absolute Gasteiger partial charge is 0.397 e. The fraction of sp³-hybridized carbons (Fsp3) is 0.492. The van der Waals surface area contributed by atoms with Crippen LogP contribution in [0.5, 0.6) is 0 Å². The van der Waals surface area contributed by atoms with Gasteiger partial charge in [0.2, 0.25) is 17.8 Å². The number of hydrogen-bond donors (Lipinski definition) is 14. The van der Waals surface area contributed by atoms with Crippen molar-refractivity contribution in [1.29, 1.82) is 0 Å². The predicted molar refractivity (Wildman–Crippen MR) is 461 cm³/mol. The molecule has 72 heteroatoms. The monoisotopic (exact) mass is 2110 g/mol. The molecule has 0 spiro atoms. The lowest BCUT2D eigenvalue weighted by Gasteiger charge is -2.27. The van der Waals surface area contributed by atoms with E-state index in [0.29, 0.717) is 0 Å². The van der Waals surface area contributed by atoms with Crippen molar-refractivity contribution in [3.05, 3.63) is 99.2 Å². The van der Waals surface area contributed by atoms with Crippen molar-refractivity contribution in [2.24, 2.45) is 4.99 Å². The summed E-state index contributed by atoms with van der Waals surface area (Å²) in [5, 5.41) is 0. The van der Waals surface area contributed by atoms with Crippen molar-refractivity contribution in [1.82, 2.24) is 97.2 Å². The standard InChI is InChI=1S/C21H23F2N9O10P2S.C21H23F2N9O9P2S2.C21H22F2N8O10P2S2/c22-10-8-3-37-43(34,35)41-14-9(40-19(11(14)23)31-5-27-12-7(24)1-2-26-16(12)31)4-38-44(36,45)42-15(10)20(39-8)32-6-28-13-17(32)29-21(25)30-18(13)33;22-10-8-3-36-42(34,44)40-14-9(39-19(11(14)23)31-5-27-12-7(24)1-2-26-16(12)31)4-37-43(35,45)41-15(10)20(38-8)32-6-28-13-17(32)29-21(25)30-18(13)33;22-10-8-3-36-42(34,44)40-14-9(39-19(11(14)23)30-5-26-12-7(32)1-2-25-16(12)30)4-37-43(35,45)41-15(10)20(38-8)31-6-27-13-17(31)28-21(24)29-18(13)33/h1-2,5-6,8-11,14-15,19-20H,3-4H2,(H2,24,26)(H,34,35)(H,36,45)(H3,25,29,30,33);1-2,5-6,8-11,14-15,19-20H,3-4H2,(H2,24,26)(H,34,44)(H,35,45)(H3,25,29,30,33);2,5-6,8-11,14-15,19-20H,1,3-4H2,(H,34,44)(H,35,45)(H3,24,28,29,33)/t8-,9-,10-,11+,14-,15-,19-,20-,44?;2*8-,9-,10-,11+,14-,15-,19-,20-,42?,43?/m111/s1. The van der Waals surface area contributed by atoms with Gasteiger partial charge in [0.25, 0.3) is 16.7 Å². The maximum atomic E-state index is 16.0. The highest BCUT2D eigenvalue weighted by Gasteiger charge is 2.60. The van der Waals surface area contributed by atoms with Gasteiger partial charge in [-0.1, -0.05) is 12.2 Å². The van der Waals surface area contributed by atoms with Gasteiger partial charge in [-0.2, -0.15) is 15.0 Å². The molecule has 0 aliphatic carbocycles. The molecular weight excluding hydrogens is 2050 g/mol. The number of aromatic amines is 3. The van der Waals surface area contributed by atoms with E-state index in [-0.39, 0.29) is 109 Å². The first-order valence-electron chi connectivity index (χ1n) is 39.1. The summed E-state index contributed by atoms with van der Waals surface area (Å²) in [7, 11) is -5.14. The number of ketones is 1. The minimum atomic E-state index is -5.14. The second-order valence-corrected chi connectivity index (χ2v) is 46.0. The molecule has 18 N–H and O–H groups in total. The van der Waals surface area contributed by atoms with Crippen LogP contribution in [0, 0.1) is 0 Å². The van der Waals surface area contributed by atoms with E-state index in [0.717, 1.165) is 32.7 Å². The Hall–Kier alpha value is -8.09. The number of Topliss-reactive ketones (excluding diaryl/α,β-unsaturated/α-hetero) is 1. The van der Waals surface area contributed by atoms with Crippen molar-refractivity contribution in [2.75, 3.05) is 68.3 Å². The third-order valence-electron chi connectivity index (χ3n) is 22.0. The Morgan fingerprint density at radius 3 is 1.08 bits per heavy atom. The Bertz CT molecular complexity index is 6790. The zero-order valence-corrected chi connectivity index (χ0v) is 76.7. The van der Waals surface area contributed by atoms with Gasteiger partial charge < -0.3 is 99.7 Å². The SMILES string of the molecule is Nc1nc2c(ncn2[C@@H]2O[C@@H]3COP(=O)(O)O[C@H]4[C@H](F)[C@H](n5cnc6c(N)ccnc65)O[C@@H]4COP(O)(=S)O[C@@H]2[C@@H]3F)c(=O)[nH]1.Nc1nc2c(ncn2[C@@H]2O[C@@H]3COP(=O)(S)O[C@H]4[C@H](F)[C@H](n5cnc6c(N)ccnc65)O[C@@H]4COP(O)(=S)O[C@@H]2[C@@H]3F)c(=O)[nH]1.Nc1nc2c(ncn2[C@@H]2O[C@@H]3COP(O)(=S)O[C@H]4[C@H](F)[C@H](n5cnc6c5N=CCC6=O)O[C@@H]4COP(O)(=S)O[C@@H]2[C@@H]3F)c(=O)[nH]1. The van der Waals surface area contributed by atoms with E-state index in [4.69, 9.17) is 159 Å². The molecule has 0 aromatic carbocycles. The number of carbonyl (C=O) groups is 1. The number of nitrogens with zero attached hydrogens (tertiary/aromatic N) is 18. The van der Waals surface area contributed by atoms with Crippen molar-refractivity contribution in [3.63, 3.8) is 0 Å². The molecular formula is C63H68F6N26O29P6S5. The van der Waals surface area contributed by atoms with Crippen LogP contribution < -0.4 is 45.3 Å². The lowest BCUT2D eigenvalue weighted by molar-refractivity contribution is -0.0630. The topological polar surface area (TPSA) is 731 Å². The van der Waals surface area contributed by atoms with Crippen LogP contribution in [0.1, 0.15) is 54.3 Å². The van der Waals surface area contributed by atoms with E-state index < -0.39 is 245 Å². The highest BCUT2D eigenvalue weighted by atomic mass is 32.7. The van der Waals surface area contributed by atoms with Crippen molar-refractivity contribution < 1.29 is 147 Å². The van der Waals surface area contributed by atoms with Crippen LogP contribution in [0.15, 0.2) is 81.9 Å². The molecule has 6 unspecified atom stereocenters. The Morgan fingerprint density at radius 1 is 0.378 bits per heavy atom. The lowest BCUT2D eigenvalue weighted by atomic mass is 10.1. The molecule has 55 nitrogen and oxygen atoms in total. The third-order valence-corrected chi connectivity index (χ3v) is 30.9. The summed E-state index contributed by atoms with van der Waals surface area (Å²) >= 11 is 24.5. The normalized spacial score (nSPS) is 38.1. The maximum absolute atomic E-state index is 16.0. The summed E-state index contributed by atoms with van der Waals surface area (Å²) in [6, 6.07) is 3.01. The number of nitrogens with two attached hydrogens (primary N) is 5. The number of ether oxygens (including phenoxy) is 6. The van der Waals surface area contributed by atoms with Gasteiger partial charge in [-0.25, -0.2) is 80.3 Å². The number of aromatic nitrogens is 20. The molecule has 9 saturated heterocycles. The minimum absolute atomic E-state index is 0.0152. The number of aliphatic imine (C=N–C) groups is 1. The third kappa shape index (κ3) is 18.7. The average molecular weight is 2110 g/mol. The Kier molecular flexibility index (Phi) is 25.9. The number of pyridine rings is 2.